The van der Waals surface area contributed by atoms with Gasteiger partial charge in [-0.05, 0) is 13.0 Å². The molecule has 0 aromatic heterocycles. The molecule has 4 heteroatoms. The van der Waals surface area contributed by atoms with Crippen molar-refractivity contribution >= 4 is 0 Å². The Morgan fingerprint density at radius 1 is 1.40 bits per heavy atom. The molecule has 1 rings (SSSR count). The molecule has 4 N–H and O–H groups in total. The van der Waals surface area contributed by atoms with E-state index in [1.807, 2.05) is 25.1 Å². The minimum absolute atomic E-state index is 0.221. The highest BCUT2D eigenvalue weighted by atomic mass is 16.5. The fourth-order valence-electron chi connectivity index (χ4n) is 1.41. The average molecular weight is 210 g/mol. The van der Waals surface area contributed by atoms with E-state index >= 15 is 0 Å². The lowest BCUT2D eigenvalue weighted by atomic mass is 10.1. The van der Waals surface area contributed by atoms with Gasteiger partial charge < -0.3 is 20.9 Å². The Hall–Kier alpha value is -1.26. The quantitative estimate of drug-likeness (QED) is 0.762. The first-order valence-corrected chi connectivity index (χ1v) is 4.99. The van der Waals surface area contributed by atoms with E-state index < -0.39 is 0 Å². The fraction of sp³-hybridized carbons (Fsp3) is 0.455. The Kier molecular flexibility index (Phi) is 4.39. The lowest BCUT2D eigenvalue weighted by Gasteiger charge is -2.17. The van der Waals surface area contributed by atoms with Gasteiger partial charge in [0.1, 0.15) is 0 Å². The summed E-state index contributed by atoms with van der Waals surface area (Å²) in [6.45, 7) is 2.88. The summed E-state index contributed by atoms with van der Waals surface area (Å²) in [5, 5.41) is 0. The maximum atomic E-state index is 5.89. The van der Waals surface area contributed by atoms with E-state index in [1.54, 1.807) is 7.11 Å². The second kappa shape index (κ2) is 5.58. The smallest absolute Gasteiger partial charge is 0.165 e. The van der Waals surface area contributed by atoms with Crippen LogP contribution in [0, 0.1) is 0 Å². The third-order valence-electron chi connectivity index (χ3n) is 2.17. The summed E-state index contributed by atoms with van der Waals surface area (Å²) < 4.78 is 10.7. The summed E-state index contributed by atoms with van der Waals surface area (Å²) in [6.07, 6.45) is 0. The Labute approximate surface area is 90.2 Å². The Balaban J connectivity index is 3.12. The molecule has 0 amide bonds. The van der Waals surface area contributed by atoms with Crippen molar-refractivity contribution in [3.63, 3.8) is 0 Å². The Morgan fingerprint density at radius 3 is 2.67 bits per heavy atom. The van der Waals surface area contributed by atoms with E-state index in [9.17, 15) is 0 Å². The Morgan fingerprint density at radius 2 is 2.13 bits per heavy atom. The van der Waals surface area contributed by atoms with Crippen molar-refractivity contribution in [1.29, 1.82) is 0 Å². The van der Waals surface area contributed by atoms with Crippen molar-refractivity contribution in [1.82, 2.24) is 0 Å². The molecule has 0 bridgehead atoms. The second-order valence-corrected chi connectivity index (χ2v) is 3.15. The van der Waals surface area contributed by atoms with Gasteiger partial charge in [-0.25, -0.2) is 0 Å². The van der Waals surface area contributed by atoms with E-state index in [4.69, 9.17) is 20.9 Å². The van der Waals surface area contributed by atoms with Gasteiger partial charge in [-0.3, -0.25) is 0 Å². The summed E-state index contributed by atoms with van der Waals surface area (Å²) in [6, 6.07) is 5.41. The molecule has 0 saturated heterocycles. The summed E-state index contributed by atoms with van der Waals surface area (Å²) >= 11 is 0. The standard InChI is InChI=1S/C11H18N2O2/c1-3-15-11-8(9(13)7-12)5-4-6-10(11)14-2/h4-6,9H,3,7,12-13H2,1-2H3. The zero-order valence-corrected chi connectivity index (χ0v) is 9.19. The predicted molar refractivity (Wildman–Crippen MR) is 60.1 cm³/mol. The molecular formula is C11H18N2O2. The van der Waals surface area contributed by atoms with Gasteiger partial charge in [-0.2, -0.15) is 0 Å². The predicted octanol–water partition coefficient (Wildman–Crippen LogP) is 1.05. The molecule has 4 nitrogen and oxygen atoms in total. The van der Waals surface area contributed by atoms with Gasteiger partial charge in [0.15, 0.2) is 11.5 Å². The fourth-order valence-corrected chi connectivity index (χ4v) is 1.41. The van der Waals surface area contributed by atoms with Crippen molar-refractivity contribution in [2.45, 2.75) is 13.0 Å². The third-order valence-corrected chi connectivity index (χ3v) is 2.17. The van der Waals surface area contributed by atoms with E-state index in [0.717, 1.165) is 5.56 Å². The molecule has 0 aliphatic carbocycles. The minimum atomic E-state index is -0.221. The van der Waals surface area contributed by atoms with Crippen LogP contribution in [0.1, 0.15) is 18.5 Å². The zero-order chi connectivity index (χ0) is 11.3. The van der Waals surface area contributed by atoms with Crippen LogP contribution in [0.3, 0.4) is 0 Å². The molecule has 1 aromatic carbocycles. The SMILES string of the molecule is CCOc1c(OC)cccc1C(N)CN. The molecule has 0 radical (unpaired) electrons. The van der Waals surface area contributed by atoms with Gasteiger partial charge in [-0.1, -0.05) is 12.1 Å². The summed E-state index contributed by atoms with van der Waals surface area (Å²) in [5.74, 6) is 1.39. The maximum Gasteiger partial charge on any atom is 0.165 e. The average Bonchev–Trinajstić information content (AvgIpc) is 2.28. The molecule has 15 heavy (non-hydrogen) atoms. The minimum Gasteiger partial charge on any atom is -0.493 e. The van der Waals surface area contributed by atoms with Crippen molar-refractivity contribution in [3.05, 3.63) is 23.8 Å². The van der Waals surface area contributed by atoms with Crippen molar-refractivity contribution < 1.29 is 9.47 Å². The Bertz CT molecular complexity index is 315. The third kappa shape index (κ3) is 2.61. The molecule has 0 aliphatic heterocycles. The largest absolute Gasteiger partial charge is 0.493 e. The monoisotopic (exact) mass is 210 g/mol. The molecular weight excluding hydrogens is 192 g/mol. The van der Waals surface area contributed by atoms with E-state index in [1.165, 1.54) is 0 Å². The van der Waals surface area contributed by atoms with E-state index in [0.29, 0.717) is 24.7 Å². The first kappa shape index (κ1) is 11.8. The molecule has 0 heterocycles. The normalized spacial score (nSPS) is 12.3. The van der Waals surface area contributed by atoms with Crippen molar-refractivity contribution in [2.75, 3.05) is 20.3 Å². The molecule has 0 spiro atoms. The maximum absolute atomic E-state index is 5.89. The van der Waals surface area contributed by atoms with Crippen LogP contribution >= 0.6 is 0 Å². The van der Waals surface area contributed by atoms with Crippen molar-refractivity contribution in [3.8, 4) is 11.5 Å². The van der Waals surface area contributed by atoms with Crippen LogP contribution in [0.2, 0.25) is 0 Å². The number of rotatable bonds is 5. The zero-order valence-electron chi connectivity index (χ0n) is 9.19. The topological polar surface area (TPSA) is 70.5 Å². The lowest BCUT2D eigenvalue weighted by molar-refractivity contribution is 0.306. The highest BCUT2D eigenvalue weighted by Crippen LogP contribution is 2.33. The van der Waals surface area contributed by atoms with Crippen LogP contribution in [0.25, 0.3) is 0 Å². The second-order valence-electron chi connectivity index (χ2n) is 3.15. The van der Waals surface area contributed by atoms with Gasteiger partial charge in [0.25, 0.3) is 0 Å². The number of para-hydroxylation sites is 1. The number of hydrogen-bond acceptors (Lipinski definition) is 4. The van der Waals surface area contributed by atoms with Crippen LogP contribution in [0.15, 0.2) is 18.2 Å². The number of nitrogens with two attached hydrogens (primary N) is 2. The van der Waals surface area contributed by atoms with Crippen LogP contribution in [0.5, 0.6) is 11.5 Å². The number of ether oxygens (including phenoxy) is 2. The summed E-state index contributed by atoms with van der Waals surface area (Å²) in [4.78, 5) is 0. The van der Waals surface area contributed by atoms with E-state index in [2.05, 4.69) is 0 Å². The van der Waals surface area contributed by atoms with E-state index in [-0.39, 0.29) is 6.04 Å². The number of hydrogen-bond donors (Lipinski definition) is 2. The first-order valence-electron chi connectivity index (χ1n) is 4.99. The van der Waals surface area contributed by atoms with Crippen LogP contribution in [-0.4, -0.2) is 20.3 Å². The number of methoxy groups -OCH3 is 1. The van der Waals surface area contributed by atoms with Gasteiger partial charge >= 0.3 is 0 Å². The highest BCUT2D eigenvalue weighted by molar-refractivity contribution is 5.48. The van der Waals surface area contributed by atoms with Crippen molar-refractivity contribution in [2.24, 2.45) is 11.5 Å². The molecule has 0 saturated carbocycles. The van der Waals surface area contributed by atoms with Gasteiger partial charge in [-0.15, -0.1) is 0 Å². The highest BCUT2D eigenvalue weighted by Gasteiger charge is 2.14. The van der Waals surface area contributed by atoms with Gasteiger partial charge in [0.2, 0.25) is 0 Å². The molecule has 84 valence electrons. The summed E-state index contributed by atoms with van der Waals surface area (Å²) in [7, 11) is 1.61. The molecule has 1 aromatic rings. The molecule has 1 unspecified atom stereocenters. The van der Waals surface area contributed by atoms with Gasteiger partial charge in [0.05, 0.1) is 13.7 Å². The number of benzene rings is 1. The molecule has 1 atom stereocenters. The van der Waals surface area contributed by atoms with Crippen LogP contribution < -0.4 is 20.9 Å². The molecule has 0 aliphatic rings. The van der Waals surface area contributed by atoms with Crippen LogP contribution in [0.4, 0.5) is 0 Å². The first-order chi connectivity index (χ1) is 7.24. The lowest BCUT2D eigenvalue weighted by Crippen LogP contribution is -2.21. The van der Waals surface area contributed by atoms with Gasteiger partial charge in [0, 0.05) is 18.2 Å². The van der Waals surface area contributed by atoms with Crippen LogP contribution in [-0.2, 0) is 0 Å². The molecule has 0 fully saturated rings. The summed E-state index contributed by atoms with van der Waals surface area (Å²) in [5.41, 5.74) is 12.3.